The second-order valence-corrected chi connectivity index (χ2v) is 4.85. The molecule has 0 amide bonds. The smallest absolute Gasteiger partial charge is 0.141 e. The van der Waals surface area contributed by atoms with Crippen LogP contribution in [0.4, 0.5) is 5.69 Å². The Morgan fingerprint density at radius 3 is 2.71 bits per heavy atom. The summed E-state index contributed by atoms with van der Waals surface area (Å²) < 4.78 is 5.17. The van der Waals surface area contributed by atoms with Crippen molar-refractivity contribution >= 4 is 5.69 Å². The fourth-order valence-corrected chi connectivity index (χ4v) is 2.11. The summed E-state index contributed by atoms with van der Waals surface area (Å²) >= 11 is 0. The zero-order chi connectivity index (χ0) is 12.3. The summed E-state index contributed by atoms with van der Waals surface area (Å²) in [4.78, 5) is 2.49. The molecule has 0 bridgehead atoms. The monoisotopic (exact) mass is 234 g/mol. The normalized spacial score (nSPS) is 15.2. The van der Waals surface area contributed by atoms with Crippen molar-refractivity contribution in [1.82, 2.24) is 4.90 Å². The van der Waals surface area contributed by atoms with Crippen molar-refractivity contribution in [3.63, 3.8) is 0 Å². The average Bonchev–Trinajstić information content (AvgIpc) is 3.12. The molecule has 0 atom stereocenters. The van der Waals surface area contributed by atoms with E-state index in [0.29, 0.717) is 0 Å². The Morgan fingerprint density at radius 2 is 2.18 bits per heavy atom. The largest absolute Gasteiger partial charge is 0.495 e. The summed E-state index contributed by atoms with van der Waals surface area (Å²) in [5.74, 6) is 1.70. The van der Waals surface area contributed by atoms with E-state index in [2.05, 4.69) is 17.9 Å². The van der Waals surface area contributed by atoms with E-state index >= 15 is 0 Å². The number of hydrogen-bond acceptors (Lipinski definition) is 3. The highest BCUT2D eigenvalue weighted by atomic mass is 16.5. The van der Waals surface area contributed by atoms with Crippen molar-refractivity contribution < 1.29 is 4.74 Å². The molecule has 1 aromatic carbocycles. The summed E-state index contributed by atoms with van der Waals surface area (Å²) in [6.45, 7) is 5.53. The van der Waals surface area contributed by atoms with Crippen molar-refractivity contribution in [2.24, 2.45) is 5.92 Å². The molecule has 3 heteroatoms. The molecule has 3 nitrogen and oxygen atoms in total. The Hall–Kier alpha value is -1.22. The minimum Gasteiger partial charge on any atom is -0.495 e. The number of methoxy groups -OCH3 is 1. The second kappa shape index (κ2) is 5.41. The van der Waals surface area contributed by atoms with Crippen LogP contribution in [0, 0.1) is 5.92 Å². The molecule has 1 aromatic rings. The Balaban J connectivity index is 1.98. The van der Waals surface area contributed by atoms with Crippen molar-refractivity contribution in [2.75, 3.05) is 25.9 Å². The first-order valence-electron chi connectivity index (χ1n) is 6.37. The van der Waals surface area contributed by atoms with Crippen LogP contribution in [0.15, 0.2) is 18.2 Å². The minimum atomic E-state index is 0.729. The van der Waals surface area contributed by atoms with Crippen LogP contribution in [0.1, 0.15) is 25.3 Å². The van der Waals surface area contributed by atoms with Gasteiger partial charge >= 0.3 is 0 Å². The minimum absolute atomic E-state index is 0.729. The SMILES string of the molecule is CCN(Cc1ccc(OC)c(N)c1)CC1CC1. The lowest BCUT2D eigenvalue weighted by atomic mass is 10.1. The Labute approximate surface area is 104 Å². The molecule has 0 radical (unpaired) electrons. The molecule has 2 N–H and O–H groups in total. The topological polar surface area (TPSA) is 38.5 Å². The molecular weight excluding hydrogens is 212 g/mol. The van der Waals surface area contributed by atoms with E-state index in [1.807, 2.05) is 12.1 Å². The molecule has 0 aromatic heterocycles. The molecule has 0 saturated heterocycles. The highest BCUT2D eigenvalue weighted by Crippen LogP contribution is 2.30. The summed E-state index contributed by atoms with van der Waals surface area (Å²) in [6.07, 6.45) is 2.81. The predicted molar refractivity (Wildman–Crippen MR) is 71.1 cm³/mol. The number of nitrogen functional groups attached to an aromatic ring is 1. The van der Waals surface area contributed by atoms with Crippen LogP contribution in [0.25, 0.3) is 0 Å². The van der Waals surface area contributed by atoms with Crippen LogP contribution >= 0.6 is 0 Å². The van der Waals surface area contributed by atoms with Crippen LogP contribution in [0.5, 0.6) is 5.75 Å². The zero-order valence-electron chi connectivity index (χ0n) is 10.8. The lowest BCUT2D eigenvalue weighted by Crippen LogP contribution is -2.25. The fraction of sp³-hybridized carbons (Fsp3) is 0.571. The molecule has 1 fully saturated rings. The maximum atomic E-state index is 5.92. The van der Waals surface area contributed by atoms with E-state index in [1.54, 1.807) is 7.11 Å². The van der Waals surface area contributed by atoms with Crippen molar-refractivity contribution in [3.05, 3.63) is 23.8 Å². The van der Waals surface area contributed by atoms with Gasteiger partial charge in [0.1, 0.15) is 5.75 Å². The molecule has 1 aliphatic rings. The van der Waals surface area contributed by atoms with Gasteiger partial charge in [-0.15, -0.1) is 0 Å². The van der Waals surface area contributed by atoms with E-state index in [0.717, 1.165) is 30.4 Å². The highest BCUT2D eigenvalue weighted by Gasteiger charge is 2.23. The molecule has 0 heterocycles. The quantitative estimate of drug-likeness (QED) is 0.769. The Morgan fingerprint density at radius 1 is 1.41 bits per heavy atom. The number of nitrogens with zero attached hydrogens (tertiary/aromatic N) is 1. The molecule has 1 saturated carbocycles. The third kappa shape index (κ3) is 3.37. The van der Waals surface area contributed by atoms with E-state index in [9.17, 15) is 0 Å². The first-order valence-corrected chi connectivity index (χ1v) is 6.37. The third-order valence-corrected chi connectivity index (χ3v) is 3.36. The molecule has 2 rings (SSSR count). The van der Waals surface area contributed by atoms with Crippen molar-refractivity contribution in [2.45, 2.75) is 26.3 Å². The number of anilines is 1. The van der Waals surface area contributed by atoms with E-state index in [-0.39, 0.29) is 0 Å². The fourth-order valence-electron chi connectivity index (χ4n) is 2.11. The van der Waals surface area contributed by atoms with Gasteiger partial charge in [0.2, 0.25) is 0 Å². The van der Waals surface area contributed by atoms with Gasteiger partial charge in [-0.3, -0.25) is 4.90 Å². The number of rotatable bonds is 6. The van der Waals surface area contributed by atoms with Crippen LogP contribution in [-0.2, 0) is 6.54 Å². The summed E-state index contributed by atoms with van der Waals surface area (Å²) in [7, 11) is 1.65. The number of ether oxygens (including phenoxy) is 1. The molecule has 17 heavy (non-hydrogen) atoms. The molecule has 94 valence electrons. The average molecular weight is 234 g/mol. The van der Waals surface area contributed by atoms with Crippen molar-refractivity contribution in [3.8, 4) is 5.75 Å². The van der Waals surface area contributed by atoms with Gasteiger partial charge in [0, 0.05) is 13.1 Å². The van der Waals surface area contributed by atoms with Gasteiger partial charge in [-0.25, -0.2) is 0 Å². The maximum Gasteiger partial charge on any atom is 0.141 e. The molecule has 0 spiro atoms. The van der Waals surface area contributed by atoms with E-state index in [1.165, 1.54) is 24.9 Å². The first kappa shape index (κ1) is 12.2. The van der Waals surface area contributed by atoms with Gasteiger partial charge in [0.05, 0.1) is 12.8 Å². The Bertz CT molecular complexity index is 374. The second-order valence-electron chi connectivity index (χ2n) is 4.85. The van der Waals surface area contributed by atoms with E-state index < -0.39 is 0 Å². The molecule has 1 aliphatic carbocycles. The molecule has 0 unspecified atom stereocenters. The van der Waals surface area contributed by atoms with Crippen molar-refractivity contribution in [1.29, 1.82) is 0 Å². The van der Waals surface area contributed by atoms with Gasteiger partial charge in [0.15, 0.2) is 0 Å². The van der Waals surface area contributed by atoms with E-state index in [4.69, 9.17) is 10.5 Å². The van der Waals surface area contributed by atoms with Crippen LogP contribution in [-0.4, -0.2) is 25.1 Å². The van der Waals surface area contributed by atoms with Gasteiger partial charge in [-0.2, -0.15) is 0 Å². The van der Waals surface area contributed by atoms with Gasteiger partial charge in [0.25, 0.3) is 0 Å². The summed E-state index contributed by atoms with van der Waals surface area (Å²) in [6, 6.07) is 6.08. The standard InChI is InChI=1S/C14H22N2O/c1-3-16(9-11-4-5-11)10-12-6-7-14(17-2)13(15)8-12/h6-8,11H,3-5,9-10,15H2,1-2H3. The van der Waals surface area contributed by atoms with Crippen LogP contribution < -0.4 is 10.5 Å². The number of nitrogens with two attached hydrogens (primary N) is 1. The molecular formula is C14H22N2O. The zero-order valence-corrected chi connectivity index (χ0v) is 10.8. The highest BCUT2D eigenvalue weighted by molar-refractivity contribution is 5.54. The first-order chi connectivity index (χ1) is 8.22. The van der Waals surface area contributed by atoms with Crippen LogP contribution in [0.3, 0.4) is 0 Å². The third-order valence-electron chi connectivity index (χ3n) is 3.36. The summed E-state index contributed by atoms with van der Waals surface area (Å²) in [5, 5.41) is 0. The lowest BCUT2D eigenvalue weighted by molar-refractivity contribution is 0.268. The van der Waals surface area contributed by atoms with Gasteiger partial charge in [-0.1, -0.05) is 13.0 Å². The van der Waals surface area contributed by atoms with Crippen LogP contribution in [0.2, 0.25) is 0 Å². The predicted octanol–water partition coefficient (Wildman–Crippen LogP) is 2.51. The van der Waals surface area contributed by atoms with Gasteiger partial charge < -0.3 is 10.5 Å². The Kier molecular flexibility index (Phi) is 3.89. The number of benzene rings is 1. The number of hydrogen-bond donors (Lipinski definition) is 1. The van der Waals surface area contributed by atoms with Gasteiger partial charge in [-0.05, 0) is 43.0 Å². The lowest BCUT2D eigenvalue weighted by Gasteiger charge is -2.20. The summed E-state index contributed by atoms with van der Waals surface area (Å²) in [5.41, 5.74) is 7.92. The molecule has 0 aliphatic heterocycles. The maximum absolute atomic E-state index is 5.92.